The first kappa shape index (κ1) is 20.9. The van der Waals surface area contributed by atoms with Crippen LogP contribution in [0.2, 0.25) is 0 Å². The first-order chi connectivity index (χ1) is 14.9. The number of carbonyl (C=O) groups excluding carboxylic acids is 2. The number of methoxy groups -OCH3 is 1. The summed E-state index contributed by atoms with van der Waals surface area (Å²) < 4.78 is 22.2. The third-order valence-electron chi connectivity index (χ3n) is 5.30. The maximum Gasteiger partial charge on any atom is 0.416 e. The van der Waals surface area contributed by atoms with Gasteiger partial charge in [-0.25, -0.2) is 9.59 Å². The van der Waals surface area contributed by atoms with Gasteiger partial charge in [0, 0.05) is 13.5 Å². The molecule has 0 N–H and O–H groups in total. The number of ether oxygens (including phenoxy) is 4. The van der Waals surface area contributed by atoms with E-state index >= 15 is 0 Å². The monoisotopic (exact) mass is 423 g/mol. The zero-order valence-corrected chi connectivity index (χ0v) is 17.7. The van der Waals surface area contributed by atoms with E-state index in [2.05, 4.69) is 0 Å². The van der Waals surface area contributed by atoms with Crippen molar-refractivity contribution in [3.63, 3.8) is 0 Å². The number of benzene rings is 2. The highest BCUT2D eigenvalue weighted by molar-refractivity contribution is 5.87. The molecule has 0 spiro atoms. The molecular weight excluding hydrogens is 398 g/mol. The van der Waals surface area contributed by atoms with Crippen molar-refractivity contribution in [2.45, 2.75) is 44.4 Å². The average molecular weight is 423 g/mol. The number of nitrogens with zero attached hydrogens (tertiary/aromatic N) is 1. The Morgan fingerprint density at radius 3 is 2.13 bits per heavy atom. The van der Waals surface area contributed by atoms with E-state index in [-0.39, 0.29) is 11.9 Å². The fraction of sp³-hybridized carbons (Fsp3) is 0.333. The second kappa shape index (κ2) is 8.43. The van der Waals surface area contributed by atoms with Crippen LogP contribution in [0.4, 0.5) is 4.79 Å². The third kappa shape index (κ3) is 3.88. The molecule has 2 aliphatic rings. The summed E-state index contributed by atoms with van der Waals surface area (Å²) in [5.41, 5.74) is 1.85. The van der Waals surface area contributed by atoms with Gasteiger partial charge in [-0.2, -0.15) is 0 Å². The molecule has 4 rings (SSSR count). The minimum atomic E-state index is -1.74. The van der Waals surface area contributed by atoms with Crippen molar-refractivity contribution in [3.05, 3.63) is 83.6 Å². The van der Waals surface area contributed by atoms with Crippen molar-refractivity contribution in [3.8, 4) is 0 Å². The Bertz CT molecular complexity index is 935. The Morgan fingerprint density at radius 1 is 1.03 bits per heavy atom. The van der Waals surface area contributed by atoms with Crippen molar-refractivity contribution in [1.29, 1.82) is 0 Å². The van der Waals surface area contributed by atoms with Crippen LogP contribution in [0.15, 0.2) is 72.5 Å². The van der Waals surface area contributed by atoms with Gasteiger partial charge in [0.25, 0.3) is 0 Å². The summed E-state index contributed by atoms with van der Waals surface area (Å²) in [6, 6.07) is 18.4. The summed E-state index contributed by atoms with van der Waals surface area (Å²) in [5.74, 6) is -2.39. The van der Waals surface area contributed by atoms with Crippen molar-refractivity contribution < 1.29 is 28.5 Å². The lowest BCUT2D eigenvalue weighted by Crippen LogP contribution is -2.52. The molecule has 31 heavy (non-hydrogen) atoms. The fourth-order valence-corrected chi connectivity index (χ4v) is 3.99. The Hall–Kier alpha value is -3.32. The standard InChI is InChI=1S/C24H25NO6/c1-16(2)29-22(26)19-14-15-20-24(28-3,30-19)31-23(27)25(20)21(17-10-6-4-7-11-17)18-12-8-5-9-13-18/h4-14,16,20-21H,15H2,1-3H3. The molecule has 0 radical (unpaired) electrons. The molecule has 1 saturated heterocycles. The van der Waals surface area contributed by atoms with Gasteiger partial charge in [0.05, 0.1) is 12.1 Å². The summed E-state index contributed by atoms with van der Waals surface area (Å²) in [7, 11) is 1.39. The first-order valence-electron chi connectivity index (χ1n) is 10.2. The summed E-state index contributed by atoms with van der Waals surface area (Å²) in [6.07, 6.45) is 1.03. The Morgan fingerprint density at radius 2 is 1.61 bits per heavy atom. The molecule has 2 aromatic carbocycles. The van der Waals surface area contributed by atoms with E-state index in [0.29, 0.717) is 6.42 Å². The van der Waals surface area contributed by atoms with Crippen LogP contribution in [0.1, 0.15) is 37.4 Å². The van der Waals surface area contributed by atoms with Gasteiger partial charge in [0.1, 0.15) is 6.04 Å². The normalized spacial score (nSPS) is 22.6. The Kier molecular flexibility index (Phi) is 5.69. The van der Waals surface area contributed by atoms with Crippen LogP contribution in [-0.2, 0) is 23.7 Å². The number of carbonyl (C=O) groups is 2. The van der Waals surface area contributed by atoms with Gasteiger partial charge in [-0.15, -0.1) is 0 Å². The van der Waals surface area contributed by atoms with Gasteiger partial charge in [0.15, 0.2) is 0 Å². The SMILES string of the molecule is COC12OC(=O)N(C(c3ccccc3)c3ccccc3)C1CC=C(C(=O)OC(C)C)O2. The largest absolute Gasteiger partial charge is 0.457 e. The fourth-order valence-electron chi connectivity index (χ4n) is 3.99. The van der Waals surface area contributed by atoms with Crippen LogP contribution >= 0.6 is 0 Å². The van der Waals surface area contributed by atoms with Gasteiger partial charge in [-0.1, -0.05) is 60.7 Å². The van der Waals surface area contributed by atoms with Gasteiger partial charge in [-0.05, 0) is 31.1 Å². The number of rotatable bonds is 6. The number of hydrogen-bond donors (Lipinski definition) is 0. The lowest BCUT2D eigenvalue weighted by Gasteiger charge is -2.38. The number of fused-ring (bicyclic) bond motifs is 1. The van der Waals surface area contributed by atoms with Crippen LogP contribution in [0.25, 0.3) is 0 Å². The van der Waals surface area contributed by atoms with Crippen LogP contribution in [0, 0.1) is 0 Å². The average Bonchev–Trinajstić information content (AvgIpc) is 3.07. The highest BCUT2D eigenvalue weighted by Gasteiger charge is 2.61. The molecule has 2 heterocycles. The van der Waals surface area contributed by atoms with E-state index < -0.39 is 30.1 Å². The molecular formula is C24H25NO6. The first-order valence-corrected chi connectivity index (χ1v) is 10.2. The quantitative estimate of drug-likeness (QED) is 0.650. The molecule has 2 aliphatic heterocycles. The van der Waals surface area contributed by atoms with Crippen LogP contribution in [0.3, 0.4) is 0 Å². The lowest BCUT2D eigenvalue weighted by atomic mass is 9.94. The zero-order chi connectivity index (χ0) is 22.0. The minimum Gasteiger partial charge on any atom is -0.457 e. The Balaban J connectivity index is 1.74. The number of hydrogen-bond acceptors (Lipinski definition) is 6. The molecule has 7 nitrogen and oxygen atoms in total. The zero-order valence-electron chi connectivity index (χ0n) is 17.7. The minimum absolute atomic E-state index is 0.0302. The molecule has 0 aromatic heterocycles. The highest BCUT2D eigenvalue weighted by Crippen LogP contribution is 2.45. The van der Waals surface area contributed by atoms with Crippen molar-refractivity contribution in [2.75, 3.05) is 7.11 Å². The third-order valence-corrected chi connectivity index (χ3v) is 5.30. The number of esters is 1. The molecule has 1 amide bonds. The smallest absolute Gasteiger partial charge is 0.416 e. The molecule has 7 heteroatoms. The summed E-state index contributed by atoms with van der Waals surface area (Å²) in [6.45, 7) is 3.50. The second-order valence-electron chi connectivity index (χ2n) is 7.68. The van der Waals surface area contributed by atoms with Gasteiger partial charge in [0.2, 0.25) is 5.76 Å². The molecule has 0 bridgehead atoms. The van der Waals surface area contributed by atoms with Crippen LogP contribution in [0.5, 0.6) is 0 Å². The molecule has 162 valence electrons. The molecule has 2 atom stereocenters. The number of amides is 1. The molecule has 2 unspecified atom stereocenters. The van der Waals surface area contributed by atoms with Crippen molar-refractivity contribution >= 4 is 12.1 Å². The van der Waals surface area contributed by atoms with Gasteiger partial charge in [-0.3, -0.25) is 4.90 Å². The van der Waals surface area contributed by atoms with E-state index in [1.807, 2.05) is 60.7 Å². The Labute approximate surface area is 181 Å². The topological polar surface area (TPSA) is 74.3 Å². The predicted molar refractivity (Wildman–Crippen MR) is 112 cm³/mol. The van der Waals surface area contributed by atoms with E-state index in [9.17, 15) is 9.59 Å². The van der Waals surface area contributed by atoms with Crippen LogP contribution < -0.4 is 0 Å². The van der Waals surface area contributed by atoms with E-state index in [1.165, 1.54) is 7.11 Å². The summed E-state index contributed by atoms with van der Waals surface area (Å²) >= 11 is 0. The molecule has 0 aliphatic carbocycles. The lowest BCUT2D eigenvalue weighted by molar-refractivity contribution is -0.332. The highest BCUT2D eigenvalue weighted by atomic mass is 16.9. The van der Waals surface area contributed by atoms with E-state index in [4.69, 9.17) is 18.9 Å². The maximum absolute atomic E-state index is 13.2. The summed E-state index contributed by atoms with van der Waals surface area (Å²) in [4.78, 5) is 27.1. The van der Waals surface area contributed by atoms with E-state index in [0.717, 1.165) is 11.1 Å². The predicted octanol–water partition coefficient (Wildman–Crippen LogP) is 4.15. The molecule has 1 fully saturated rings. The van der Waals surface area contributed by atoms with Crippen molar-refractivity contribution in [2.24, 2.45) is 0 Å². The van der Waals surface area contributed by atoms with Gasteiger partial charge < -0.3 is 18.9 Å². The van der Waals surface area contributed by atoms with E-state index in [1.54, 1.807) is 24.8 Å². The maximum atomic E-state index is 13.2. The summed E-state index contributed by atoms with van der Waals surface area (Å²) in [5, 5.41) is 0. The molecule has 0 saturated carbocycles. The second-order valence-corrected chi connectivity index (χ2v) is 7.68. The van der Waals surface area contributed by atoms with Crippen LogP contribution in [-0.4, -0.2) is 42.2 Å². The van der Waals surface area contributed by atoms with Gasteiger partial charge >= 0.3 is 18.0 Å². The van der Waals surface area contributed by atoms with Crippen molar-refractivity contribution in [1.82, 2.24) is 4.90 Å². The molecule has 2 aromatic rings.